The highest BCUT2D eigenvalue weighted by Crippen LogP contribution is 2.09. The van der Waals surface area contributed by atoms with E-state index in [-0.39, 0.29) is 0 Å². The monoisotopic (exact) mass is 295 g/mol. The van der Waals surface area contributed by atoms with Gasteiger partial charge in [0.15, 0.2) is 5.96 Å². The number of likely N-dealkylation sites (N-methyl/N-ethyl adjacent to an activating group) is 1. The van der Waals surface area contributed by atoms with E-state index < -0.39 is 0 Å². The molecule has 21 heavy (non-hydrogen) atoms. The number of rotatable bonds is 5. The van der Waals surface area contributed by atoms with Crippen LogP contribution in [0.5, 0.6) is 0 Å². The molecule has 2 fully saturated rings. The van der Waals surface area contributed by atoms with Crippen LogP contribution in [0.4, 0.5) is 0 Å². The molecule has 5 nitrogen and oxygen atoms in total. The summed E-state index contributed by atoms with van der Waals surface area (Å²) >= 11 is 0. The minimum atomic E-state index is 0.629. The summed E-state index contributed by atoms with van der Waals surface area (Å²) < 4.78 is 0. The third-order valence-electron chi connectivity index (χ3n) is 4.46. The third kappa shape index (κ3) is 5.47. The van der Waals surface area contributed by atoms with Crippen molar-refractivity contribution in [3.05, 3.63) is 0 Å². The first-order valence-electron chi connectivity index (χ1n) is 8.63. The van der Waals surface area contributed by atoms with Crippen LogP contribution in [-0.4, -0.2) is 86.6 Å². The summed E-state index contributed by atoms with van der Waals surface area (Å²) in [5.41, 5.74) is 0. The van der Waals surface area contributed by atoms with Gasteiger partial charge in [0.05, 0.1) is 0 Å². The van der Waals surface area contributed by atoms with Gasteiger partial charge in [0.1, 0.15) is 0 Å². The van der Waals surface area contributed by atoms with Crippen molar-refractivity contribution in [2.75, 3.05) is 66.0 Å². The molecule has 0 aromatic heterocycles. The van der Waals surface area contributed by atoms with Crippen LogP contribution < -0.4 is 5.32 Å². The number of hydrogen-bond acceptors (Lipinski definition) is 3. The lowest BCUT2D eigenvalue weighted by atomic mass is 10.1. The molecule has 0 aromatic rings. The second kappa shape index (κ2) is 8.59. The predicted octanol–water partition coefficient (Wildman–Crippen LogP) is 0.931. The van der Waals surface area contributed by atoms with E-state index in [1.807, 2.05) is 0 Å². The van der Waals surface area contributed by atoms with Crippen LogP contribution >= 0.6 is 0 Å². The quantitative estimate of drug-likeness (QED) is 0.604. The van der Waals surface area contributed by atoms with Gasteiger partial charge in [0.25, 0.3) is 0 Å². The molecule has 2 aliphatic rings. The lowest BCUT2D eigenvalue weighted by Gasteiger charge is -2.33. The number of nitrogens with zero attached hydrogens (tertiary/aromatic N) is 4. The van der Waals surface area contributed by atoms with Crippen molar-refractivity contribution in [3.63, 3.8) is 0 Å². The lowest BCUT2D eigenvalue weighted by Crippen LogP contribution is -2.46. The number of piperazine rings is 1. The van der Waals surface area contributed by atoms with E-state index in [9.17, 15) is 0 Å². The smallest absolute Gasteiger partial charge is 0.193 e. The van der Waals surface area contributed by atoms with Crippen molar-refractivity contribution in [2.45, 2.75) is 26.7 Å². The molecule has 0 spiro atoms. The maximum atomic E-state index is 4.87. The zero-order valence-corrected chi connectivity index (χ0v) is 14.1. The zero-order valence-electron chi connectivity index (χ0n) is 14.1. The fraction of sp³-hybridized carbons (Fsp3) is 0.938. The van der Waals surface area contributed by atoms with Crippen LogP contribution in [0, 0.1) is 5.92 Å². The van der Waals surface area contributed by atoms with Gasteiger partial charge in [-0.25, -0.2) is 0 Å². The summed E-state index contributed by atoms with van der Waals surface area (Å²) in [6.07, 6.45) is 2.61. The summed E-state index contributed by atoms with van der Waals surface area (Å²) in [4.78, 5) is 12.3. The second-order valence-electron chi connectivity index (χ2n) is 6.60. The van der Waals surface area contributed by atoms with E-state index >= 15 is 0 Å². The molecular formula is C16H33N5. The van der Waals surface area contributed by atoms with Gasteiger partial charge in [-0.1, -0.05) is 6.92 Å². The van der Waals surface area contributed by atoms with Crippen molar-refractivity contribution in [3.8, 4) is 0 Å². The second-order valence-corrected chi connectivity index (χ2v) is 6.60. The number of guanidine groups is 1. The van der Waals surface area contributed by atoms with Gasteiger partial charge < -0.3 is 20.0 Å². The summed E-state index contributed by atoms with van der Waals surface area (Å²) in [5, 5.41) is 3.44. The van der Waals surface area contributed by atoms with Crippen LogP contribution in [0.1, 0.15) is 26.7 Å². The highest BCUT2D eigenvalue weighted by atomic mass is 15.3. The molecule has 2 saturated heterocycles. The van der Waals surface area contributed by atoms with E-state index in [4.69, 9.17) is 4.99 Å². The van der Waals surface area contributed by atoms with Gasteiger partial charge in [-0.15, -0.1) is 0 Å². The molecule has 5 heteroatoms. The largest absolute Gasteiger partial charge is 0.357 e. The summed E-state index contributed by atoms with van der Waals surface area (Å²) in [6, 6.07) is 0. The molecule has 122 valence electrons. The molecule has 2 heterocycles. The molecule has 2 aliphatic heterocycles. The first-order valence-corrected chi connectivity index (χ1v) is 8.63. The van der Waals surface area contributed by atoms with E-state index in [1.165, 1.54) is 58.7 Å². The minimum Gasteiger partial charge on any atom is -0.357 e. The number of hydrogen-bond donors (Lipinski definition) is 1. The van der Waals surface area contributed by atoms with Crippen molar-refractivity contribution < 1.29 is 0 Å². The summed E-state index contributed by atoms with van der Waals surface area (Å²) in [5.74, 6) is 1.75. The molecular weight excluding hydrogens is 262 g/mol. The van der Waals surface area contributed by atoms with Gasteiger partial charge in [-0.2, -0.15) is 0 Å². The minimum absolute atomic E-state index is 0.629. The molecule has 0 aromatic carbocycles. The average Bonchev–Trinajstić information content (AvgIpc) is 3.00. The maximum Gasteiger partial charge on any atom is 0.193 e. The van der Waals surface area contributed by atoms with Crippen LogP contribution in [0.3, 0.4) is 0 Å². The first kappa shape index (κ1) is 16.6. The normalized spacial score (nSPS) is 23.6. The van der Waals surface area contributed by atoms with Crippen LogP contribution in [0.25, 0.3) is 0 Å². The molecule has 0 radical (unpaired) electrons. The molecule has 2 rings (SSSR count). The molecule has 0 saturated carbocycles. The number of aliphatic imine (C=N–C) groups is 1. The number of likely N-dealkylation sites (tertiary alicyclic amines) is 1. The maximum absolute atomic E-state index is 4.87. The van der Waals surface area contributed by atoms with Crippen molar-refractivity contribution in [2.24, 2.45) is 10.9 Å². The van der Waals surface area contributed by atoms with Gasteiger partial charge in [-0.05, 0) is 32.7 Å². The summed E-state index contributed by atoms with van der Waals surface area (Å²) in [7, 11) is 2.21. The number of nitrogens with one attached hydrogen (secondary N) is 1. The van der Waals surface area contributed by atoms with Gasteiger partial charge in [0.2, 0.25) is 0 Å². The molecule has 0 amide bonds. The fourth-order valence-corrected chi connectivity index (χ4v) is 3.13. The van der Waals surface area contributed by atoms with Crippen LogP contribution in [-0.2, 0) is 0 Å². The lowest BCUT2D eigenvalue weighted by molar-refractivity contribution is 0.140. The van der Waals surface area contributed by atoms with Crippen molar-refractivity contribution in [1.82, 2.24) is 20.0 Å². The van der Waals surface area contributed by atoms with Gasteiger partial charge >= 0.3 is 0 Å². The molecule has 1 unspecified atom stereocenters. The molecule has 0 bridgehead atoms. The van der Waals surface area contributed by atoms with E-state index in [0.29, 0.717) is 5.92 Å². The van der Waals surface area contributed by atoms with Crippen molar-refractivity contribution >= 4 is 5.96 Å². The molecule has 1 atom stereocenters. The SMILES string of the molecule is CCNC(=NCC(C)CN1CCN(C)CC1)N1CCCC1. The Bertz CT molecular complexity index is 317. The van der Waals surface area contributed by atoms with Crippen LogP contribution in [0.15, 0.2) is 4.99 Å². The molecule has 1 N–H and O–H groups in total. The Hall–Kier alpha value is -0.810. The van der Waals surface area contributed by atoms with E-state index in [1.54, 1.807) is 0 Å². The molecule has 0 aliphatic carbocycles. The Labute approximate surface area is 130 Å². The Morgan fingerprint density at radius 3 is 2.38 bits per heavy atom. The Kier molecular flexibility index (Phi) is 6.77. The standard InChI is InChI=1S/C16H33N5/c1-4-17-16(21-7-5-6-8-21)18-13-15(2)14-20-11-9-19(3)10-12-20/h15H,4-14H2,1-3H3,(H,17,18). The average molecular weight is 295 g/mol. The summed E-state index contributed by atoms with van der Waals surface area (Å²) in [6.45, 7) is 14.7. The third-order valence-corrected chi connectivity index (χ3v) is 4.46. The van der Waals surface area contributed by atoms with Crippen molar-refractivity contribution in [1.29, 1.82) is 0 Å². The topological polar surface area (TPSA) is 34.1 Å². The highest BCUT2D eigenvalue weighted by Gasteiger charge is 2.18. The van der Waals surface area contributed by atoms with Gasteiger partial charge in [0, 0.05) is 58.9 Å². The van der Waals surface area contributed by atoms with E-state index in [2.05, 4.69) is 40.9 Å². The zero-order chi connectivity index (χ0) is 15.1. The Morgan fingerprint density at radius 1 is 1.10 bits per heavy atom. The van der Waals surface area contributed by atoms with Crippen LogP contribution in [0.2, 0.25) is 0 Å². The Balaban J connectivity index is 1.76. The van der Waals surface area contributed by atoms with E-state index in [0.717, 1.165) is 19.0 Å². The fourth-order valence-electron chi connectivity index (χ4n) is 3.13. The predicted molar refractivity (Wildman–Crippen MR) is 89.9 cm³/mol. The first-order chi connectivity index (χ1) is 10.2. The highest BCUT2D eigenvalue weighted by molar-refractivity contribution is 5.80. The van der Waals surface area contributed by atoms with Gasteiger partial charge in [-0.3, -0.25) is 4.99 Å². The Morgan fingerprint density at radius 2 is 1.76 bits per heavy atom.